The molecule has 0 aromatic heterocycles. The van der Waals surface area contributed by atoms with Gasteiger partial charge in [0.05, 0.1) is 5.69 Å². The van der Waals surface area contributed by atoms with E-state index in [1.165, 1.54) is 0 Å². The average molecular weight is 107 g/mol. The largest absolute Gasteiger partial charge is 0.399 e. The minimum absolute atomic E-state index is 0.463. The van der Waals surface area contributed by atoms with Crippen LogP contribution in [-0.4, -0.2) is 0 Å². The maximum absolute atomic E-state index is 7.06. The lowest BCUT2D eigenvalue weighted by Gasteiger charge is -1.90. The van der Waals surface area contributed by atoms with E-state index in [0.717, 1.165) is 0 Å². The van der Waals surface area contributed by atoms with Crippen LogP contribution in [0.15, 0.2) is 24.3 Å². The van der Waals surface area contributed by atoms with Gasteiger partial charge in [0.1, 0.15) is 0 Å². The summed E-state index contributed by atoms with van der Waals surface area (Å²) in [6.45, 7) is 0. The third kappa shape index (κ3) is 0.904. The van der Waals surface area contributed by atoms with E-state index < -0.39 is 0 Å². The fourth-order valence-electron chi connectivity index (χ4n) is 0.539. The molecule has 0 amide bonds. The summed E-state index contributed by atoms with van der Waals surface area (Å²) in [6.07, 6.45) is 0. The Hall–Kier alpha value is -1.18. The molecule has 1 aromatic rings. The number of nitrogens with two attached hydrogens (primary N) is 1. The summed E-state index contributed by atoms with van der Waals surface area (Å²) in [5.41, 5.74) is 13.5. The molecule has 0 saturated carbocycles. The van der Waals surface area contributed by atoms with Crippen molar-refractivity contribution in [1.82, 2.24) is 5.73 Å². The first-order valence-electron chi connectivity index (χ1n) is 2.36. The Morgan fingerprint density at radius 3 is 2.50 bits per heavy atom. The monoisotopic (exact) mass is 107 g/mol. The number of nitrogens with one attached hydrogen (secondary N) is 1. The van der Waals surface area contributed by atoms with Crippen molar-refractivity contribution in [2.24, 2.45) is 0 Å². The second kappa shape index (κ2) is 1.74. The fourth-order valence-corrected chi connectivity index (χ4v) is 0.539. The van der Waals surface area contributed by atoms with Crippen LogP contribution in [0.4, 0.5) is 11.4 Å². The number of rotatable bonds is 0. The Labute approximate surface area is 48.1 Å². The number of nitrogen functional groups attached to an aromatic ring is 1. The van der Waals surface area contributed by atoms with E-state index in [9.17, 15) is 0 Å². The van der Waals surface area contributed by atoms with Gasteiger partial charge < -0.3 is 11.5 Å². The first-order valence-corrected chi connectivity index (χ1v) is 2.36. The normalized spacial score (nSPS) is 9.00. The summed E-state index contributed by atoms with van der Waals surface area (Å²) in [6, 6.07) is 6.83. The first kappa shape index (κ1) is 4.97. The zero-order chi connectivity index (χ0) is 5.98. The third-order valence-electron chi connectivity index (χ3n) is 0.887. The number of hydrogen-bond donors (Lipinski definition) is 1. The Morgan fingerprint density at radius 1 is 1.38 bits per heavy atom. The van der Waals surface area contributed by atoms with Crippen molar-refractivity contribution < 1.29 is 0 Å². The van der Waals surface area contributed by atoms with Crippen LogP contribution in [0, 0.1) is 0 Å². The fraction of sp³-hybridized carbons (Fsp3) is 0. The van der Waals surface area contributed by atoms with Crippen molar-refractivity contribution in [3.63, 3.8) is 0 Å². The maximum Gasteiger partial charge on any atom is 0.0560 e. The molecule has 41 valence electrons. The summed E-state index contributed by atoms with van der Waals surface area (Å²) >= 11 is 0. The molecule has 0 atom stereocenters. The Bertz CT molecular complexity index is 166. The van der Waals surface area contributed by atoms with Crippen molar-refractivity contribution in [2.45, 2.75) is 0 Å². The predicted molar refractivity (Wildman–Crippen MR) is 33.6 cm³/mol. The van der Waals surface area contributed by atoms with Gasteiger partial charge in [-0.1, -0.05) is 6.07 Å². The smallest absolute Gasteiger partial charge is 0.0560 e. The molecule has 2 heteroatoms. The maximum atomic E-state index is 7.06. The van der Waals surface area contributed by atoms with Gasteiger partial charge in [0.25, 0.3) is 0 Å². The molecule has 1 aromatic carbocycles. The quantitative estimate of drug-likeness (QED) is 0.497. The van der Waals surface area contributed by atoms with Crippen LogP contribution in [0.5, 0.6) is 0 Å². The van der Waals surface area contributed by atoms with Crippen LogP contribution in [0.1, 0.15) is 0 Å². The molecular weight excluding hydrogens is 100 g/mol. The molecule has 0 bridgehead atoms. The van der Waals surface area contributed by atoms with Gasteiger partial charge in [-0.15, -0.1) is 0 Å². The zero-order valence-corrected chi connectivity index (χ0v) is 4.39. The zero-order valence-electron chi connectivity index (χ0n) is 4.39. The molecule has 0 aliphatic heterocycles. The van der Waals surface area contributed by atoms with Gasteiger partial charge in [0.2, 0.25) is 0 Å². The molecule has 1 radical (unpaired) electrons. The van der Waals surface area contributed by atoms with Crippen molar-refractivity contribution in [3.8, 4) is 0 Å². The van der Waals surface area contributed by atoms with E-state index in [2.05, 4.69) is 0 Å². The van der Waals surface area contributed by atoms with Crippen LogP contribution in [0.2, 0.25) is 0 Å². The van der Waals surface area contributed by atoms with E-state index in [1.807, 2.05) is 0 Å². The van der Waals surface area contributed by atoms with Crippen LogP contribution in [0.3, 0.4) is 0 Å². The highest BCUT2D eigenvalue weighted by Crippen LogP contribution is 2.07. The molecule has 3 N–H and O–H groups in total. The van der Waals surface area contributed by atoms with Gasteiger partial charge in [-0.3, -0.25) is 0 Å². The van der Waals surface area contributed by atoms with E-state index in [4.69, 9.17) is 11.5 Å². The summed E-state index contributed by atoms with van der Waals surface area (Å²) < 4.78 is 0. The van der Waals surface area contributed by atoms with Gasteiger partial charge in [-0.2, -0.15) is 0 Å². The SMILES string of the molecule is [NH]c1cccc(N)c1. The summed E-state index contributed by atoms with van der Waals surface area (Å²) in [5, 5.41) is 0. The molecule has 0 spiro atoms. The lowest BCUT2D eigenvalue weighted by molar-refractivity contribution is 1.49. The van der Waals surface area contributed by atoms with E-state index >= 15 is 0 Å². The van der Waals surface area contributed by atoms with Crippen LogP contribution in [-0.2, 0) is 0 Å². The van der Waals surface area contributed by atoms with Gasteiger partial charge in [0.15, 0.2) is 0 Å². The molecule has 0 heterocycles. The second-order valence-corrected chi connectivity index (χ2v) is 1.63. The molecule has 0 aliphatic carbocycles. The highest BCUT2D eigenvalue weighted by atomic mass is 14.6. The van der Waals surface area contributed by atoms with Crippen LogP contribution >= 0.6 is 0 Å². The molecule has 0 fully saturated rings. The average Bonchev–Trinajstić information content (AvgIpc) is 1.64. The molecule has 0 aliphatic rings. The van der Waals surface area contributed by atoms with Crippen molar-refractivity contribution in [1.29, 1.82) is 0 Å². The molecular formula is C6H7N2. The lowest BCUT2D eigenvalue weighted by atomic mass is 10.3. The second-order valence-electron chi connectivity index (χ2n) is 1.63. The third-order valence-corrected chi connectivity index (χ3v) is 0.887. The minimum Gasteiger partial charge on any atom is -0.399 e. The summed E-state index contributed by atoms with van der Waals surface area (Å²) in [5.74, 6) is 0. The van der Waals surface area contributed by atoms with Crippen LogP contribution < -0.4 is 11.5 Å². The van der Waals surface area contributed by atoms with Gasteiger partial charge >= 0.3 is 0 Å². The molecule has 2 nitrogen and oxygen atoms in total. The van der Waals surface area contributed by atoms with Gasteiger partial charge in [-0.25, -0.2) is 0 Å². The number of anilines is 1. The van der Waals surface area contributed by atoms with Crippen molar-refractivity contribution in [3.05, 3.63) is 24.3 Å². The lowest BCUT2D eigenvalue weighted by Crippen LogP contribution is -1.81. The minimum atomic E-state index is 0.463. The van der Waals surface area contributed by atoms with Gasteiger partial charge in [0, 0.05) is 5.69 Å². The van der Waals surface area contributed by atoms with Crippen molar-refractivity contribution >= 4 is 11.4 Å². The van der Waals surface area contributed by atoms with E-state index in [0.29, 0.717) is 11.4 Å². The molecule has 1 rings (SSSR count). The number of hydrogen-bond acceptors (Lipinski definition) is 1. The van der Waals surface area contributed by atoms with E-state index in [1.54, 1.807) is 24.3 Å². The topological polar surface area (TPSA) is 49.8 Å². The highest BCUT2D eigenvalue weighted by Gasteiger charge is 1.82. The number of benzene rings is 1. The van der Waals surface area contributed by atoms with Crippen LogP contribution in [0.25, 0.3) is 0 Å². The summed E-state index contributed by atoms with van der Waals surface area (Å²) in [4.78, 5) is 0. The Balaban J connectivity index is 3.08. The highest BCUT2D eigenvalue weighted by molar-refractivity contribution is 5.48. The summed E-state index contributed by atoms with van der Waals surface area (Å²) in [7, 11) is 0. The van der Waals surface area contributed by atoms with Gasteiger partial charge in [-0.05, 0) is 18.2 Å². The van der Waals surface area contributed by atoms with Crippen molar-refractivity contribution in [2.75, 3.05) is 5.73 Å². The Kier molecular flexibility index (Phi) is 1.08. The predicted octanol–water partition coefficient (Wildman–Crippen LogP) is 1.18. The molecule has 8 heavy (non-hydrogen) atoms. The first-order chi connectivity index (χ1) is 3.79. The molecule has 0 unspecified atom stereocenters. The molecule has 0 saturated heterocycles. The van der Waals surface area contributed by atoms with E-state index in [-0.39, 0.29) is 0 Å². The standard InChI is InChI=1S/C6H7N2/c7-5-2-1-3-6(8)4-5/h1-4,7H,8H2. The Morgan fingerprint density at radius 2 is 2.12 bits per heavy atom.